The SMILES string of the molecule is CC(C)c1nc(CN2CCOCC2)sc1CCC(=O)O. The van der Waals surface area contributed by atoms with E-state index in [9.17, 15) is 4.79 Å². The molecular weight excluding hydrogens is 276 g/mol. The molecule has 1 saturated heterocycles. The molecule has 6 heteroatoms. The molecule has 0 unspecified atom stereocenters. The number of carboxylic acid groups (broad SMARTS) is 1. The van der Waals surface area contributed by atoms with Gasteiger partial charge in [0.25, 0.3) is 0 Å². The molecule has 2 heterocycles. The molecule has 1 aliphatic rings. The van der Waals surface area contributed by atoms with Gasteiger partial charge in [-0.15, -0.1) is 11.3 Å². The van der Waals surface area contributed by atoms with Crippen LogP contribution in [-0.4, -0.2) is 47.3 Å². The number of rotatable bonds is 6. The molecule has 0 bridgehead atoms. The molecule has 112 valence electrons. The van der Waals surface area contributed by atoms with Gasteiger partial charge in [-0.1, -0.05) is 13.8 Å². The normalized spacial score (nSPS) is 16.8. The van der Waals surface area contributed by atoms with E-state index < -0.39 is 5.97 Å². The third kappa shape index (κ3) is 4.26. The Labute approximate surface area is 123 Å². The number of carboxylic acids is 1. The smallest absolute Gasteiger partial charge is 0.303 e. The zero-order valence-corrected chi connectivity index (χ0v) is 12.9. The van der Waals surface area contributed by atoms with Crippen LogP contribution < -0.4 is 0 Å². The molecule has 5 nitrogen and oxygen atoms in total. The number of ether oxygens (including phenoxy) is 1. The summed E-state index contributed by atoms with van der Waals surface area (Å²) in [6, 6.07) is 0. The summed E-state index contributed by atoms with van der Waals surface area (Å²) in [5.41, 5.74) is 1.07. The van der Waals surface area contributed by atoms with Gasteiger partial charge in [0, 0.05) is 18.0 Å². The third-order valence-corrected chi connectivity index (χ3v) is 4.46. The molecule has 2 rings (SSSR count). The van der Waals surface area contributed by atoms with Crippen molar-refractivity contribution in [1.82, 2.24) is 9.88 Å². The molecule has 0 radical (unpaired) electrons. The summed E-state index contributed by atoms with van der Waals surface area (Å²) in [7, 11) is 0. The molecule has 0 spiro atoms. The number of aryl methyl sites for hydroxylation is 1. The van der Waals surface area contributed by atoms with Crippen LogP contribution in [0, 0.1) is 0 Å². The van der Waals surface area contributed by atoms with Crippen molar-refractivity contribution in [1.29, 1.82) is 0 Å². The summed E-state index contributed by atoms with van der Waals surface area (Å²) in [5, 5.41) is 9.93. The van der Waals surface area contributed by atoms with Gasteiger partial charge in [-0.05, 0) is 12.3 Å². The Balaban J connectivity index is 2.05. The van der Waals surface area contributed by atoms with Crippen LogP contribution in [0.3, 0.4) is 0 Å². The summed E-state index contributed by atoms with van der Waals surface area (Å²) in [6.07, 6.45) is 0.766. The quantitative estimate of drug-likeness (QED) is 0.871. The zero-order chi connectivity index (χ0) is 14.5. The second-order valence-corrected chi connectivity index (χ2v) is 6.52. The summed E-state index contributed by atoms with van der Waals surface area (Å²) in [5.74, 6) is -0.406. The minimum atomic E-state index is -0.747. The molecule has 0 aromatic carbocycles. The van der Waals surface area contributed by atoms with Crippen molar-refractivity contribution in [3.8, 4) is 0 Å². The summed E-state index contributed by atoms with van der Waals surface area (Å²) in [4.78, 5) is 18.9. The fourth-order valence-corrected chi connectivity index (χ4v) is 3.55. The van der Waals surface area contributed by atoms with E-state index in [2.05, 4.69) is 18.7 Å². The fourth-order valence-electron chi connectivity index (χ4n) is 2.28. The van der Waals surface area contributed by atoms with Crippen LogP contribution in [0.4, 0.5) is 0 Å². The summed E-state index contributed by atoms with van der Waals surface area (Å²) < 4.78 is 5.35. The topological polar surface area (TPSA) is 62.7 Å². The van der Waals surface area contributed by atoms with Gasteiger partial charge in [-0.2, -0.15) is 0 Å². The first kappa shape index (κ1) is 15.4. The molecular formula is C14H22N2O3S. The first-order chi connectivity index (χ1) is 9.56. The maximum Gasteiger partial charge on any atom is 0.303 e. The van der Waals surface area contributed by atoms with Gasteiger partial charge in [0.05, 0.1) is 31.9 Å². The lowest BCUT2D eigenvalue weighted by atomic mass is 10.1. The van der Waals surface area contributed by atoms with E-state index in [0.717, 1.165) is 48.4 Å². The highest BCUT2D eigenvalue weighted by molar-refractivity contribution is 7.11. The Hall–Kier alpha value is -0.980. The highest BCUT2D eigenvalue weighted by Gasteiger charge is 2.18. The minimum Gasteiger partial charge on any atom is -0.481 e. The number of thiazole rings is 1. The van der Waals surface area contributed by atoms with E-state index in [1.54, 1.807) is 11.3 Å². The van der Waals surface area contributed by atoms with Gasteiger partial charge in [0.15, 0.2) is 0 Å². The number of morpholine rings is 1. The Kier molecular flexibility index (Phi) is 5.51. The van der Waals surface area contributed by atoms with Crippen LogP contribution in [0.5, 0.6) is 0 Å². The predicted molar refractivity (Wildman–Crippen MR) is 78.3 cm³/mol. The van der Waals surface area contributed by atoms with Crippen molar-refractivity contribution in [2.75, 3.05) is 26.3 Å². The van der Waals surface area contributed by atoms with Crippen LogP contribution >= 0.6 is 11.3 Å². The largest absolute Gasteiger partial charge is 0.481 e. The van der Waals surface area contributed by atoms with Crippen molar-refractivity contribution in [3.63, 3.8) is 0 Å². The van der Waals surface area contributed by atoms with E-state index in [0.29, 0.717) is 12.3 Å². The highest BCUT2D eigenvalue weighted by Crippen LogP contribution is 2.27. The number of aromatic nitrogens is 1. The lowest BCUT2D eigenvalue weighted by Gasteiger charge is -2.25. The third-order valence-electron chi connectivity index (χ3n) is 3.35. The molecule has 1 aromatic rings. The van der Waals surface area contributed by atoms with Gasteiger partial charge in [0.2, 0.25) is 0 Å². The van der Waals surface area contributed by atoms with E-state index in [1.165, 1.54) is 0 Å². The number of hydrogen-bond acceptors (Lipinski definition) is 5. The first-order valence-corrected chi connectivity index (χ1v) is 7.88. The van der Waals surface area contributed by atoms with E-state index in [4.69, 9.17) is 14.8 Å². The molecule has 1 aliphatic heterocycles. The van der Waals surface area contributed by atoms with Crippen molar-refractivity contribution in [2.24, 2.45) is 0 Å². The average molecular weight is 298 g/mol. The fraction of sp³-hybridized carbons (Fsp3) is 0.714. The minimum absolute atomic E-state index is 0.179. The van der Waals surface area contributed by atoms with Gasteiger partial charge >= 0.3 is 5.97 Å². The maximum absolute atomic E-state index is 10.7. The van der Waals surface area contributed by atoms with Crippen LogP contribution in [0.25, 0.3) is 0 Å². The van der Waals surface area contributed by atoms with E-state index in [-0.39, 0.29) is 6.42 Å². The molecule has 0 saturated carbocycles. The Bertz CT molecular complexity index is 453. The monoisotopic (exact) mass is 298 g/mol. The summed E-state index contributed by atoms with van der Waals surface area (Å²) in [6.45, 7) is 8.53. The van der Waals surface area contributed by atoms with Gasteiger partial charge in [-0.25, -0.2) is 4.98 Å². The summed E-state index contributed by atoms with van der Waals surface area (Å²) >= 11 is 1.67. The maximum atomic E-state index is 10.7. The molecule has 1 fully saturated rings. The molecule has 0 atom stereocenters. The second kappa shape index (κ2) is 7.15. The Morgan fingerprint density at radius 2 is 2.15 bits per heavy atom. The van der Waals surface area contributed by atoms with Crippen molar-refractivity contribution < 1.29 is 14.6 Å². The Morgan fingerprint density at radius 1 is 1.45 bits per heavy atom. The van der Waals surface area contributed by atoms with Crippen molar-refractivity contribution in [3.05, 3.63) is 15.6 Å². The van der Waals surface area contributed by atoms with E-state index >= 15 is 0 Å². The van der Waals surface area contributed by atoms with Crippen LogP contribution in [0.15, 0.2) is 0 Å². The van der Waals surface area contributed by atoms with E-state index in [1.807, 2.05) is 0 Å². The second-order valence-electron chi connectivity index (χ2n) is 5.35. The number of carbonyl (C=O) groups is 1. The molecule has 0 aliphatic carbocycles. The zero-order valence-electron chi connectivity index (χ0n) is 12.1. The lowest BCUT2D eigenvalue weighted by Crippen LogP contribution is -2.35. The molecule has 1 N–H and O–H groups in total. The highest BCUT2D eigenvalue weighted by atomic mass is 32.1. The predicted octanol–water partition coefficient (Wildman–Crippen LogP) is 2.12. The van der Waals surface area contributed by atoms with Crippen LogP contribution in [0.1, 0.15) is 41.8 Å². The number of aliphatic carboxylic acids is 1. The van der Waals surface area contributed by atoms with Crippen LogP contribution in [0.2, 0.25) is 0 Å². The number of nitrogens with zero attached hydrogens (tertiary/aromatic N) is 2. The van der Waals surface area contributed by atoms with Gasteiger partial charge < -0.3 is 9.84 Å². The molecule has 0 amide bonds. The first-order valence-electron chi connectivity index (χ1n) is 7.06. The molecule has 1 aromatic heterocycles. The average Bonchev–Trinajstić information content (AvgIpc) is 2.81. The van der Waals surface area contributed by atoms with Gasteiger partial charge in [0.1, 0.15) is 5.01 Å². The number of hydrogen-bond donors (Lipinski definition) is 1. The van der Waals surface area contributed by atoms with Gasteiger partial charge in [-0.3, -0.25) is 9.69 Å². The Morgan fingerprint density at radius 3 is 2.75 bits per heavy atom. The lowest BCUT2D eigenvalue weighted by molar-refractivity contribution is -0.136. The molecule has 20 heavy (non-hydrogen) atoms. The van der Waals surface area contributed by atoms with Crippen molar-refractivity contribution >= 4 is 17.3 Å². The van der Waals surface area contributed by atoms with Crippen LogP contribution in [-0.2, 0) is 22.5 Å². The van der Waals surface area contributed by atoms with Crippen molar-refractivity contribution in [2.45, 2.75) is 39.2 Å². The standard InChI is InChI=1S/C14H22N2O3S/c1-10(2)14-11(3-4-13(17)18)20-12(15-14)9-16-5-7-19-8-6-16/h10H,3-9H2,1-2H3,(H,17,18).